The topological polar surface area (TPSA) is 73.2 Å². The second kappa shape index (κ2) is 9.28. The van der Waals surface area contributed by atoms with Crippen LogP contribution in [0.5, 0.6) is 0 Å². The first-order chi connectivity index (χ1) is 13.6. The van der Waals surface area contributed by atoms with Crippen molar-refractivity contribution < 1.29 is 9.53 Å². The van der Waals surface area contributed by atoms with Gasteiger partial charge in [-0.05, 0) is 31.0 Å². The van der Waals surface area contributed by atoms with Gasteiger partial charge in [-0.1, -0.05) is 42.5 Å². The molecule has 0 spiro atoms. The van der Waals surface area contributed by atoms with Crippen molar-refractivity contribution in [3.8, 4) is 0 Å². The third-order valence-corrected chi connectivity index (χ3v) is 4.66. The smallest absolute Gasteiger partial charge is 0.261 e. The first kappa shape index (κ1) is 19.8. The van der Waals surface area contributed by atoms with Gasteiger partial charge in [0.05, 0.1) is 30.1 Å². The average molecular weight is 379 g/mol. The van der Waals surface area contributed by atoms with Gasteiger partial charge in [0.1, 0.15) is 5.82 Å². The Morgan fingerprint density at radius 3 is 2.61 bits per heavy atom. The molecule has 1 N–H and O–H groups in total. The summed E-state index contributed by atoms with van der Waals surface area (Å²) >= 11 is 0. The largest absolute Gasteiger partial charge is 0.383 e. The molecule has 0 saturated carbocycles. The summed E-state index contributed by atoms with van der Waals surface area (Å²) in [5, 5.41) is 3.53. The van der Waals surface area contributed by atoms with Crippen molar-refractivity contribution in [1.82, 2.24) is 14.9 Å². The van der Waals surface area contributed by atoms with Crippen LogP contribution in [0.3, 0.4) is 0 Å². The van der Waals surface area contributed by atoms with E-state index < -0.39 is 6.04 Å². The molecule has 1 aromatic heterocycles. The van der Waals surface area contributed by atoms with E-state index >= 15 is 0 Å². The van der Waals surface area contributed by atoms with Crippen LogP contribution in [-0.4, -0.2) is 29.2 Å². The van der Waals surface area contributed by atoms with E-state index in [-0.39, 0.29) is 11.5 Å². The Bertz CT molecular complexity index is 999. The molecule has 0 bridgehead atoms. The van der Waals surface area contributed by atoms with Crippen LogP contribution >= 0.6 is 0 Å². The summed E-state index contributed by atoms with van der Waals surface area (Å²) < 4.78 is 6.73. The second-order valence-corrected chi connectivity index (χ2v) is 6.71. The molecule has 0 aliphatic heterocycles. The first-order valence-electron chi connectivity index (χ1n) is 9.42. The Morgan fingerprint density at radius 1 is 1.14 bits per heavy atom. The van der Waals surface area contributed by atoms with Crippen LogP contribution in [0.1, 0.15) is 30.8 Å². The van der Waals surface area contributed by atoms with Crippen LogP contribution in [-0.2, 0) is 22.5 Å². The minimum absolute atomic E-state index is 0.0722. The van der Waals surface area contributed by atoms with Crippen LogP contribution in [0.2, 0.25) is 0 Å². The van der Waals surface area contributed by atoms with E-state index in [4.69, 9.17) is 4.74 Å². The number of carbonyl (C=O) groups excluding carboxylic acids is 1. The molecule has 0 radical (unpaired) electrons. The summed E-state index contributed by atoms with van der Waals surface area (Å²) in [6, 6.07) is 16.7. The lowest BCUT2D eigenvalue weighted by Crippen LogP contribution is -2.34. The number of carbonyl (C=O) groups is 1. The summed E-state index contributed by atoms with van der Waals surface area (Å²) in [5.74, 6) is 0.464. The number of aryl methyl sites for hydroxylation is 1. The van der Waals surface area contributed by atoms with E-state index in [0.29, 0.717) is 42.7 Å². The van der Waals surface area contributed by atoms with Gasteiger partial charge in [0.2, 0.25) is 5.91 Å². The normalized spacial score (nSPS) is 12.1. The molecule has 6 heteroatoms. The van der Waals surface area contributed by atoms with Crippen LogP contribution in [0, 0.1) is 0 Å². The van der Waals surface area contributed by atoms with Crippen LogP contribution in [0.15, 0.2) is 59.4 Å². The number of fused-ring (bicyclic) bond motifs is 1. The third kappa shape index (κ3) is 4.64. The zero-order valence-corrected chi connectivity index (χ0v) is 16.2. The third-order valence-electron chi connectivity index (χ3n) is 4.66. The highest BCUT2D eigenvalue weighted by molar-refractivity contribution is 5.78. The van der Waals surface area contributed by atoms with E-state index in [1.165, 1.54) is 0 Å². The van der Waals surface area contributed by atoms with Crippen molar-refractivity contribution in [2.75, 3.05) is 13.7 Å². The fourth-order valence-electron chi connectivity index (χ4n) is 3.20. The van der Waals surface area contributed by atoms with Crippen LogP contribution < -0.4 is 10.9 Å². The fraction of sp³-hybridized carbons (Fsp3) is 0.318. The Kier molecular flexibility index (Phi) is 6.55. The first-order valence-corrected chi connectivity index (χ1v) is 9.42. The lowest BCUT2D eigenvalue weighted by atomic mass is 10.1. The van der Waals surface area contributed by atoms with Gasteiger partial charge in [0.15, 0.2) is 0 Å². The highest BCUT2D eigenvalue weighted by Crippen LogP contribution is 2.14. The number of benzene rings is 2. The van der Waals surface area contributed by atoms with Crippen molar-refractivity contribution in [2.24, 2.45) is 0 Å². The van der Waals surface area contributed by atoms with Gasteiger partial charge >= 0.3 is 0 Å². The Hall–Kier alpha value is -2.99. The summed E-state index contributed by atoms with van der Waals surface area (Å²) in [6.45, 7) is 2.62. The van der Waals surface area contributed by atoms with Crippen molar-refractivity contribution >= 4 is 16.8 Å². The average Bonchev–Trinajstić information content (AvgIpc) is 2.72. The molecule has 2 aromatic carbocycles. The number of methoxy groups -OCH3 is 1. The van der Waals surface area contributed by atoms with Gasteiger partial charge in [-0.25, -0.2) is 4.98 Å². The molecule has 0 fully saturated rings. The fourth-order valence-corrected chi connectivity index (χ4v) is 3.20. The minimum atomic E-state index is -0.391. The number of nitrogens with zero attached hydrogens (tertiary/aromatic N) is 2. The van der Waals surface area contributed by atoms with Crippen molar-refractivity contribution in [1.29, 1.82) is 0 Å². The van der Waals surface area contributed by atoms with Gasteiger partial charge in [0, 0.05) is 13.5 Å². The van der Waals surface area contributed by atoms with E-state index in [1.807, 2.05) is 55.5 Å². The molecular formula is C22H25N3O3. The molecule has 1 unspecified atom stereocenters. The van der Waals surface area contributed by atoms with Crippen molar-refractivity contribution in [3.63, 3.8) is 0 Å². The molecule has 0 aliphatic rings. The number of aromatic nitrogens is 2. The van der Waals surface area contributed by atoms with Gasteiger partial charge in [0.25, 0.3) is 5.56 Å². The standard InChI is InChI=1S/C22H25N3O3/c1-16(23-20(26)13-12-17-8-4-3-5-9-17)21-24-19-11-7-6-10-18(19)22(27)25(21)14-15-28-2/h3-11,16H,12-15H2,1-2H3,(H,23,26). The Labute approximate surface area is 164 Å². The van der Waals surface area contributed by atoms with Gasteiger partial charge in [-0.15, -0.1) is 0 Å². The number of hydrogen-bond acceptors (Lipinski definition) is 4. The second-order valence-electron chi connectivity index (χ2n) is 6.71. The van der Waals surface area contributed by atoms with Crippen LogP contribution in [0.4, 0.5) is 0 Å². The maximum Gasteiger partial charge on any atom is 0.261 e. The summed E-state index contributed by atoms with van der Waals surface area (Å²) in [5.41, 5.74) is 1.62. The van der Waals surface area contributed by atoms with E-state index in [1.54, 1.807) is 17.7 Å². The quantitative estimate of drug-likeness (QED) is 0.653. The maximum absolute atomic E-state index is 12.9. The minimum Gasteiger partial charge on any atom is -0.383 e. The maximum atomic E-state index is 12.9. The van der Waals surface area contributed by atoms with Crippen molar-refractivity contribution in [3.05, 3.63) is 76.3 Å². The zero-order chi connectivity index (χ0) is 19.9. The molecule has 6 nitrogen and oxygen atoms in total. The molecule has 146 valence electrons. The van der Waals surface area contributed by atoms with Gasteiger partial charge < -0.3 is 10.1 Å². The van der Waals surface area contributed by atoms with E-state index in [9.17, 15) is 9.59 Å². The summed E-state index contributed by atoms with van der Waals surface area (Å²) in [6.07, 6.45) is 1.05. The molecule has 0 saturated heterocycles. The van der Waals surface area contributed by atoms with Gasteiger partial charge in [-0.2, -0.15) is 0 Å². The number of amides is 1. The number of rotatable bonds is 8. The van der Waals surface area contributed by atoms with E-state index in [2.05, 4.69) is 10.3 Å². The highest BCUT2D eigenvalue weighted by Gasteiger charge is 2.18. The van der Waals surface area contributed by atoms with Crippen LogP contribution in [0.25, 0.3) is 10.9 Å². The molecule has 3 aromatic rings. The summed E-state index contributed by atoms with van der Waals surface area (Å²) in [4.78, 5) is 30.0. The van der Waals surface area contributed by atoms with E-state index in [0.717, 1.165) is 5.56 Å². The molecule has 0 aliphatic carbocycles. The monoisotopic (exact) mass is 379 g/mol. The van der Waals surface area contributed by atoms with Gasteiger partial charge in [-0.3, -0.25) is 14.2 Å². The molecule has 1 amide bonds. The molecule has 1 atom stereocenters. The molecule has 3 rings (SSSR count). The predicted molar refractivity (Wildman–Crippen MR) is 109 cm³/mol. The van der Waals surface area contributed by atoms with Crippen molar-refractivity contribution in [2.45, 2.75) is 32.4 Å². The lowest BCUT2D eigenvalue weighted by molar-refractivity contribution is -0.121. The highest BCUT2D eigenvalue weighted by atomic mass is 16.5. The predicted octanol–water partition coefficient (Wildman–Crippen LogP) is 2.85. The zero-order valence-electron chi connectivity index (χ0n) is 16.2. The number of nitrogens with one attached hydrogen (secondary N) is 1. The Balaban J connectivity index is 1.80. The summed E-state index contributed by atoms with van der Waals surface area (Å²) in [7, 11) is 1.59. The Morgan fingerprint density at radius 2 is 1.86 bits per heavy atom. The number of hydrogen-bond donors (Lipinski definition) is 1. The number of ether oxygens (including phenoxy) is 1. The lowest BCUT2D eigenvalue weighted by Gasteiger charge is -2.19. The SMILES string of the molecule is COCCn1c(C(C)NC(=O)CCc2ccccc2)nc2ccccc2c1=O. The number of para-hydroxylation sites is 1. The molecular weight excluding hydrogens is 354 g/mol. The molecule has 28 heavy (non-hydrogen) atoms. The molecule has 1 heterocycles.